The van der Waals surface area contributed by atoms with Gasteiger partial charge in [-0.2, -0.15) is 5.10 Å². The minimum absolute atomic E-state index is 0.677. The first-order valence-electron chi connectivity index (χ1n) is 8.17. The Labute approximate surface area is 132 Å². The molecule has 0 aliphatic carbocycles. The van der Waals surface area contributed by atoms with Crippen molar-refractivity contribution in [1.29, 1.82) is 0 Å². The van der Waals surface area contributed by atoms with Crippen molar-refractivity contribution in [3.05, 3.63) is 53.7 Å². The second-order valence-electron chi connectivity index (χ2n) is 6.08. The fourth-order valence-corrected chi connectivity index (χ4v) is 3.33. The monoisotopic (exact) mass is 292 g/mol. The Morgan fingerprint density at radius 1 is 0.955 bits per heavy atom. The van der Waals surface area contributed by atoms with Gasteiger partial charge in [0.05, 0.1) is 11.2 Å². The number of nitrogens with zero attached hydrogens (tertiary/aromatic N) is 2. The summed E-state index contributed by atoms with van der Waals surface area (Å²) in [6.45, 7) is 6.59. The van der Waals surface area contributed by atoms with Crippen molar-refractivity contribution in [1.82, 2.24) is 9.78 Å². The van der Waals surface area contributed by atoms with Gasteiger partial charge in [0.2, 0.25) is 0 Å². The summed E-state index contributed by atoms with van der Waals surface area (Å²) in [6.07, 6.45) is 2.41. The minimum Gasteiger partial charge on any atom is -0.268 e. The van der Waals surface area contributed by atoms with Crippen LogP contribution in [0.15, 0.2) is 42.5 Å². The molecule has 3 aromatic rings. The number of rotatable bonds is 4. The average Bonchev–Trinajstić information content (AvgIpc) is 2.83. The van der Waals surface area contributed by atoms with E-state index in [1.807, 2.05) is 11.7 Å². The van der Waals surface area contributed by atoms with Crippen LogP contribution >= 0.6 is 0 Å². The first-order valence-corrected chi connectivity index (χ1v) is 8.17. The molecule has 114 valence electrons. The summed E-state index contributed by atoms with van der Waals surface area (Å²) in [5, 5.41) is 5.74. The summed E-state index contributed by atoms with van der Waals surface area (Å²) in [7, 11) is 2.01. The predicted molar refractivity (Wildman–Crippen MR) is 94.2 cm³/mol. The Hall–Kier alpha value is -2.09. The molecule has 2 heteroatoms. The van der Waals surface area contributed by atoms with Crippen molar-refractivity contribution in [2.75, 3.05) is 0 Å². The van der Waals surface area contributed by atoms with E-state index < -0.39 is 0 Å². The van der Waals surface area contributed by atoms with Gasteiger partial charge >= 0.3 is 0 Å². The summed E-state index contributed by atoms with van der Waals surface area (Å²) < 4.78 is 1.97. The van der Waals surface area contributed by atoms with E-state index in [0.717, 1.165) is 5.69 Å². The van der Waals surface area contributed by atoms with Gasteiger partial charge in [-0.1, -0.05) is 50.2 Å². The van der Waals surface area contributed by atoms with Gasteiger partial charge in [0.1, 0.15) is 0 Å². The standard InChI is InChI=1S/C20H24N2/c1-5-15(6-2)16-7-9-17(10-8-16)18-11-12-19-14(3)21-22(4)20(19)13-18/h7-13,15H,5-6H2,1-4H3. The summed E-state index contributed by atoms with van der Waals surface area (Å²) in [4.78, 5) is 0. The number of aryl methyl sites for hydroxylation is 2. The van der Waals surface area contributed by atoms with Crippen molar-refractivity contribution in [3.8, 4) is 11.1 Å². The van der Waals surface area contributed by atoms with Gasteiger partial charge in [0, 0.05) is 12.4 Å². The highest BCUT2D eigenvalue weighted by Crippen LogP contribution is 2.29. The lowest BCUT2D eigenvalue weighted by molar-refractivity contribution is 0.642. The molecular formula is C20H24N2. The van der Waals surface area contributed by atoms with Gasteiger partial charge in [-0.15, -0.1) is 0 Å². The third-order valence-corrected chi connectivity index (χ3v) is 4.74. The highest BCUT2D eigenvalue weighted by molar-refractivity contribution is 5.86. The Balaban J connectivity index is 1.99. The fraction of sp³-hybridized carbons (Fsp3) is 0.350. The lowest BCUT2D eigenvalue weighted by atomic mass is 9.92. The Morgan fingerprint density at radius 3 is 2.23 bits per heavy atom. The first kappa shape index (κ1) is 14.8. The summed E-state index contributed by atoms with van der Waals surface area (Å²) in [5.74, 6) is 0.677. The SMILES string of the molecule is CCC(CC)c1ccc(-c2ccc3c(C)nn(C)c3c2)cc1. The van der Waals surface area contributed by atoms with E-state index in [-0.39, 0.29) is 0 Å². The van der Waals surface area contributed by atoms with Crippen molar-refractivity contribution in [2.45, 2.75) is 39.5 Å². The first-order chi connectivity index (χ1) is 10.6. The average molecular weight is 292 g/mol. The van der Waals surface area contributed by atoms with Crippen LogP contribution in [0, 0.1) is 6.92 Å². The molecule has 0 atom stereocenters. The van der Waals surface area contributed by atoms with Crippen LogP contribution in [0.5, 0.6) is 0 Å². The van der Waals surface area contributed by atoms with Crippen molar-refractivity contribution >= 4 is 10.9 Å². The number of hydrogen-bond acceptors (Lipinski definition) is 1. The van der Waals surface area contributed by atoms with Crippen molar-refractivity contribution in [2.24, 2.45) is 7.05 Å². The van der Waals surface area contributed by atoms with E-state index in [1.165, 1.54) is 40.4 Å². The van der Waals surface area contributed by atoms with E-state index in [2.05, 4.69) is 68.3 Å². The molecule has 22 heavy (non-hydrogen) atoms. The minimum atomic E-state index is 0.677. The lowest BCUT2D eigenvalue weighted by Gasteiger charge is -2.13. The number of aromatic nitrogens is 2. The van der Waals surface area contributed by atoms with E-state index in [0.29, 0.717) is 5.92 Å². The van der Waals surface area contributed by atoms with Crippen LogP contribution in [0.3, 0.4) is 0 Å². The number of fused-ring (bicyclic) bond motifs is 1. The van der Waals surface area contributed by atoms with Gasteiger partial charge in [0.15, 0.2) is 0 Å². The molecule has 0 saturated heterocycles. The van der Waals surface area contributed by atoms with Crippen LogP contribution in [0.25, 0.3) is 22.0 Å². The van der Waals surface area contributed by atoms with Gasteiger partial charge in [-0.3, -0.25) is 4.68 Å². The Morgan fingerprint density at radius 2 is 1.59 bits per heavy atom. The summed E-state index contributed by atoms with van der Waals surface area (Å²) in [5.41, 5.74) is 6.26. The quantitative estimate of drug-likeness (QED) is 0.625. The normalized spacial score (nSPS) is 11.5. The second-order valence-corrected chi connectivity index (χ2v) is 6.08. The molecule has 0 radical (unpaired) electrons. The van der Waals surface area contributed by atoms with Gasteiger partial charge < -0.3 is 0 Å². The molecule has 3 rings (SSSR count). The fourth-order valence-electron chi connectivity index (χ4n) is 3.33. The molecule has 0 fully saturated rings. The molecule has 0 N–H and O–H groups in total. The molecule has 2 nitrogen and oxygen atoms in total. The molecule has 0 saturated carbocycles. The number of hydrogen-bond donors (Lipinski definition) is 0. The molecule has 0 aliphatic heterocycles. The number of benzene rings is 2. The van der Waals surface area contributed by atoms with Crippen molar-refractivity contribution < 1.29 is 0 Å². The topological polar surface area (TPSA) is 17.8 Å². The maximum atomic E-state index is 4.50. The molecule has 0 bridgehead atoms. The zero-order valence-corrected chi connectivity index (χ0v) is 13.9. The van der Waals surface area contributed by atoms with Crippen LogP contribution in [0.1, 0.15) is 43.9 Å². The third-order valence-electron chi connectivity index (χ3n) is 4.74. The summed E-state index contributed by atoms with van der Waals surface area (Å²) >= 11 is 0. The van der Waals surface area contributed by atoms with E-state index >= 15 is 0 Å². The van der Waals surface area contributed by atoms with E-state index in [9.17, 15) is 0 Å². The van der Waals surface area contributed by atoms with Gasteiger partial charge in [0.25, 0.3) is 0 Å². The largest absolute Gasteiger partial charge is 0.268 e. The molecule has 1 heterocycles. The maximum Gasteiger partial charge on any atom is 0.0688 e. The Kier molecular flexibility index (Phi) is 4.02. The molecule has 2 aromatic carbocycles. The second kappa shape index (κ2) is 5.96. The molecule has 0 spiro atoms. The van der Waals surface area contributed by atoms with E-state index in [1.54, 1.807) is 0 Å². The zero-order chi connectivity index (χ0) is 15.7. The lowest BCUT2D eigenvalue weighted by Crippen LogP contribution is -1.95. The molecule has 1 aromatic heterocycles. The predicted octanol–water partition coefficient (Wildman–Crippen LogP) is 5.45. The van der Waals surface area contributed by atoms with E-state index in [4.69, 9.17) is 0 Å². The molecular weight excluding hydrogens is 268 g/mol. The van der Waals surface area contributed by atoms with Crippen LogP contribution in [-0.4, -0.2) is 9.78 Å². The van der Waals surface area contributed by atoms with Crippen LogP contribution in [-0.2, 0) is 7.05 Å². The molecule has 0 amide bonds. The smallest absolute Gasteiger partial charge is 0.0688 e. The molecule has 0 unspecified atom stereocenters. The van der Waals surface area contributed by atoms with Gasteiger partial charge in [-0.25, -0.2) is 0 Å². The van der Waals surface area contributed by atoms with Crippen molar-refractivity contribution in [3.63, 3.8) is 0 Å². The van der Waals surface area contributed by atoms with Gasteiger partial charge in [-0.05, 0) is 48.4 Å². The third kappa shape index (κ3) is 2.54. The van der Waals surface area contributed by atoms with Crippen LogP contribution < -0.4 is 0 Å². The summed E-state index contributed by atoms with van der Waals surface area (Å²) in [6, 6.07) is 15.7. The Bertz CT molecular complexity index is 777. The van der Waals surface area contributed by atoms with Crippen LogP contribution in [0.4, 0.5) is 0 Å². The maximum absolute atomic E-state index is 4.50. The molecule has 0 aliphatic rings. The van der Waals surface area contributed by atoms with Crippen LogP contribution in [0.2, 0.25) is 0 Å². The highest BCUT2D eigenvalue weighted by Gasteiger charge is 2.09. The zero-order valence-electron chi connectivity index (χ0n) is 13.9. The highest BCUT2D eigenvalue weighted by atomic mass is 15.3.